The van der Waals surface area contributed by atoms with Crippen LogP contribution in [0.4, 0.5) is 11.5 Å². The number of unbranched alkanes of at least 4 members (excludes halogenated alkanes) is 1. The Kier molecular flexibility index (Phi) is 8.38. The van der Waals surface area contributed by atoms with E-state index in [2.05, 4.69) is 24.9 Å². The smallest absolute Gasteiger partial charge is 0.330 e. The predicted molar refractivity (Wildman–Crippen MR) is 137 cm³/mol. The van der Waals surface area contributed by atoms with Crippen molar-refractivity contribution in [2.24, 2.45) is 5.92 Å². The fraction of sp³-hybridized carbons (Fsp3) is 0.400. The maximum Gasteiger partial charge on any atom is 0.330 e. The Morgan fingerprint density at radius 3 is 2.58 bits per heavy atom. The summed E-state index contributed by atoms with van der Waals surface area (Å²) in [6.45, 7) is 6.87. The molecule has 3 N–H and O–H groups in total. The molecule has 0 aliphatic heterocycles. The van der Waals surface area contributed by atoms with Gasteiger partial charge in [-0.15, -0.1) is 11.8 Å². The normalized spacial score (nSPS) is 11.3. The first kappa shape index (κ1) is 24.6. The number of rotatable bonds is 10. The Morgan fingerprint density at radius 2 is 1.88 bits per heavy atom. The molecule has 0 bridgehead atoms. The molecule has 0 spiro atoms. The number of hydrogen-bond acceptors (Lipinski definition) is 5. The van der Waals surface area contributed by atoms with Crippen molar-refractivity contribution in [1.29, 1.82) is 0 Å². The third-order valence-corrected chi connectivity index (χ3v) is 6.51. The monoisotopic (exact) mass is 468 g/mol. The number of aromatic nitrogens is 2. The number of nitrogens with one attached hydrogen (secondary N) is 1. The molecule has 176 valence electrons. The number of fused-ring (bicyclic) bond motifs is 1. The molecule has 33 heavy (non-hydrogen) atoms. The number of nitrogens with zero attached hydrogens (tertiary/aromatic N) is 2. The molecule has 3 aromatic rings. The van der Waals surface area contributed by atoms with Crippen molar-refractivity contribution >= 4 is 39.9 Å². The Hall–Kier alpha value is -3.00. The third-order valence-electron chi connectivity index (χ3n) is 5.53. The highest BCUT2D eigenvalue weighted by Gasteiger charge is 2.24. The van der Waals surface area contributed by atoms with E-state index in [4.69, 9.17) is 5.73 Å². The van der Waals surface area contributed by atoms with Crippen molar-refractivity contribution in [1.82, 2.24) is 9.55 Å². The molecule has 0 atom stereocenters. The number of H-pyrrole nitrogens is 1. The van der Waals surface area contributed by atoms with Gasteiger partial charge in [0.15, 0.2) is 5.69 Å². The number of anilines is 2. The van der Waals surface area contributed by atoms with Crippen LogP contribution in [0.5, 0.6) is 0 Å². The number of carbonyl (C=O) groups excluding carboxylic acids is 1. The highest BCUT2D eigenvalue weighted by atomic mass is 32.2. The summed E-state index contributed by atoms with van der Waals surface area (Å²) >= 11 is 1.42. The van der Waals surface area contributed by atoms with E-state index in [9.17, 15) is 14.4 Å². The largest absolute Gasteiger partial charge is 0.383 e. The van der Waals surface area contributed by atoms with Crippen LogP contribution in [0.2, 0.25) is 0 Å². The molecule has 2 aromatic carbocycles. The lowest BCUT2D eigenvalue weighted by molar-refractivity contribution is -0.116. The van der Waals surface area contributed by atoms with Gasteiger partial charge in [-0.05, 0) is 41.7 Å². The van der Waals surface area contributed by atoms with Gasteiger partial charge in [-0.2, -0.15) is 0 Å². The molecule has 3 rings (SSSR count). The van der Waals surface area contributed by atoms with Gasteiger partial charge in [0.05, 0.1) is 5.75 Å². The molecular weight excluding hydrogens is 436 g/mol. The number of aromatic amines is 1. The molecular formula is C25H32N4O3S. The standard InChI is InChI=1S/C25H32N4O3S/c1-4-5-13-29-23(26)22(24(31)27-25(29)32)28(14-12-17(2)3)21(30)16-33-20-11-10-18-8-6-7-9-19(18)15-20/h6-11,15,17H,4-5,12-14,16,26H2,1-3H3,(H,27,31,32). The van der Waals surface area contributed by atoms with Gasteiger partial charge in [0.25, 0.3) is 5.56 Å². The number of thioether (sulfide) groups is 1. The molecule has 1 aromatic heterocycles. The summed E-state index contributed by atoms with van der Waals surface area (Å²) in [4.78, 5) is 43.1. The van der Waals surface area contributed by atoms with E-state index in [1.165, 1.54) is 21.2 Å². The second kappa shape index (κ2) is 11.2. The highest BCUT2D eigenvalue weighted by molar-refractivity contribution is 8.00. The van der Waals surface area contributed by atoms with Crippen LogP contribution in [0.15, 0.2) is 56.9 Å². The molecule has 0 fully saturated rings. The van der Waals surface area contributed by atoms with Crippen LogP contribution in [-0.2, 0) is 11.3 Å². The van der Waals surface area contributed by atoms with Crippen LogP contribution in [0.1, 0.15) is 40.0 Å². The molecule has 0 aliphatic carbocycles. The summed E-state index contributed by atoms with van der Waals surface area (Å²) < 4.78 is 1.35. The number of amides is 1. The third kappa shape index (κ3) is 6.07. The van der Waals surface area contributed by atoms with E-state index in [0.29, 0.717) is 25.4 Å². The molecule has 1 heterocycles. The molecule has 1 amide bonds. The SMILES string of the molecule is CCCCn1c(N)c(N(CCC(C)C)C(=O)CSc2ccc3ccccc3c2)c(=O)[nH]c1=O. The van der Waals surface area contributed by atoms with Gasteiger partial charge in [0, 0.05) is 18.0 Å². The highest BCUT2D eigenvalue weighted by Crippen LogP contribution is 2.26. The maximum atomic E-state index is 13.3. The molecule has 0 saturated carbocycles. The first-order chi connectivity index (χ1) is 15.8. The zero-order valence-electron chi connectivity index (χ0n) is 19.5. The van der Waals surface area contributed by atoms with Gasteiger partial charge in [0.2, 0.25) is 5.91 Å². The average molecular weight is 469 g/mol. The van der Waals surface area contributed by atoms with Gasteiger partial charge in [0.1, 0.15) is 5.82 Å². The van der Waals surface area contributed by atoms with Crippen molar-refractivity contribution in [3.05, 3.63) is 63.3 Å². The fourth-order valence-electron chi connectivity index (χ4n) is 3.61. The molecule has 0 unspecified atom stereocenters. The zero-order chi connectivity index (χ0) is 24.0. The maximum absolute atomic E-state index is 13.3. The number of carbonyl (C=O) groups is 1. The van der Waals surface area contributed by atoms with Gasteiger partial charge in [-0.3, -0.25) is 19.1 Å². The number of hydrogen-bond donors (Lipinski definition) is 2. The minimum atomic E-state index is -0.627. The zero-order valence-corrected chi connectivity index (χ0v) is 20.3. The molecule has 0 radical (unpaired) electrons. The van der Waals surface area contributed by atoms with Crippen LogP contribution >= 0.6 is 11.8 Å². The average Bonchev–Trinajstić information content (AvgIpc) is 2.79. The Labute approximate surface area is 198 Å². The van der Waals surface area contributed by atoms with E-state index in [1.54, 1.807) is 0 Å². The Balaban J connectivity index is 1.89. The first-order valence-corrected chi connectivity index (χ1v) is 12.3. The summed E-state index contributed by atoms with van der Waals surface area (Å²) in [5.74, 6) is 0.320. The van der Waals surface area contributed by atoms with Crippen LogP contribution in [-0.4, -0.2) is 27.8 Å². The summed E-state index contributed by atoms with van der Waals surface area (Å²) in [5, 5.41) is 2.25. The minimum absolute atomic E-state index is 0.0463. The predicted octanol–water partition coefficient (Wildman–Crippen LogP) is 4.24. The fourth-order valence-corrected chi connectivity index (χ4v) is 4.43. The van der Waals surface area contributed by atoms with Crippen molar-refractivity contribution < 1.29 is 4.79 Å². The number of nitrogens with two attached hydrogens (primary N) is 1. The van der Waals surface area contributed by atoms with Crippen LogP contribution in [0, 0.1) is 5.92 Å². The summed E-state index contributed by atoms with van der Waals surface area (Å²) in [7, 11) is 0. The van der Waals surface area contributed by atoms with E-state index in [0.717, 1.165) is 28.5 Å². The number of nitrogen functional groups attached to an aromatic ring is 1. The topological polar surface area (TPSA) is 101 Å². The molecule has 7 nitrogen and oxygen atoms in total. The molecule has 0 saturated heterocycles. The second-order valence-electron chi connectivity index (χ2n) is 8.52. The van der Waals surface area contributed by atoms with Crippen LogP contribution in [0.25, 0.3) is 10.8 Å². The molecule has 8 heteroatoms. The van der Waals surface area contributed by atoms with Gasteiger partial charge in [-0.25, -0.2) is 4.79 Å². The lowest BCUT2D eigenvalue weighted by Gasteiger charge is -2.25. The van der Waals surface area contributed by atoms with Gasteiger partial charge >= 0.3 is 5.69 Å². The van der Waals surface area contributed by atoms with Crippen molar-refractivity contribution in [3.63, 3.8) is 0 Å². The Morgan fingerprint density at radius 1 is 1.15 bits per heavy atom. The van der Waals surface area contributed by atoms with Crippen molar-refractivity contribution in [3.8, 4) is 0 Å². The lowest BCUT2D eigenvalue weighted by Crippen LogP contribution is -2.42. The first-order valence-electron chi connectivity index (χ1n) is 11.4. The minimum Gasteiger partial charge on any atom is -0.383 e. The van der Waals surface area contributed by atoms with E-state index < -0.39 is 11.2 Å². The second-order valence-corrected chi connectivity index (χ2v) is 9.57. The van der Waals surface area contributed by atoms with Crippen molar-refractivity contribution in [2.45, 2.75) is 51.5 Å². The summed E-state index contributed by atoms with van der Waals surface area (Å²) in [6, 6.07) is 14.1. The van der Waals surface area contributed by atoms with Crippen LogP contribution in [0.3, 0.4) is 0 Å². The van der Waals surface area contributed by atoms with Crippen molar-refractivity contribution in [2.75, 3.05) is 22.9 Å². The van der Waals surface area contributed by atoms with Gasteiger partial charge in [-0.1, -0.05) is 57.5 Å². The molecule has 0 aliphatic rings. The Bertz CT molecular complexity index is 1230. The van der Waals surface area contributed by atoms with E-state index in [-0.39, 0.29) is 23.2 Å². The summed E-state index contributed by atoms with van der Waals surface area (Å²) in [5.41, 5.74) is 5.18. The quantitative estimate of drug-likeness (QED) is 0.433. The van der Waals surface area contributed by atoms with E-state index in [1.807, 2.05) is 43.3 Å². The van der Waals surface area contributed by atoms with Crippen LogP contribution < -0.4 is 21.9 Å². The van der Waals surface area contributed by atoms with E-state index >= 15 is 0 Å². The lowest BCUT2D eigenvalue weighted by atomic mass is 10.1. The number of benzene rings is 2. The summed E-state index contributed by atoms with van der Waals surface area (Å²) in [6.07, 6.45) is 2.32. The van der Waals surface area contributed by atoms with Gasteiger partial charge < -0.3 is 10.6 Å².